The fraction of sp³-hybridized carbons (Fsp3) is 0.0556. The number of carboxylic acids is 1. The summed E-state index contributed by atoms with van der Waals surface area (Å²) in [6.45, 7) is 1.74. The summed E-state index contributed by atoms with van der Waals surface area (Å²) < 4.78 is 1.81. The van der Waals surface area contributed by atoms with E-state index in [4.69, 9.17) is 5.73 Å². The quantitative estimate of drug-likeness (QED) is 0.647. The van der Waals surface area contributed by atoms with E-state index in [0.717, 1.165) is 11.3 Å². The van der Waals surface area contributed by atoms with Crippen molar-refractivity contribution in [1.29, 1.82) is 0 Å². The van der Waals surface area contributed by atoms with Gasteiger partial charge in [0.1, 0.15) is 5.75 Å². The van der Waals surface area contributed by atoms with Crippen molar-refractivity contribution in [2.45, 2.75) is 6.92 Å². The number of aromatic carboxylic acids is 1. The second-order valence-corrected chi connectivity index (χ2v) is 5.31. The van der Waals surface area contributed by atoms with E-state index >= 15 is 0 Å². The predicted octanol–water partition coefficient (Wildman–Crippen LogP) is 3.44. The van der Waals surface area contributed by atoms with Crippen LogP contribution < -0.4 is 5.73 Å². The van der Waals surface area contributed by atoms with Gasteiger partial charge in [0.15, 0.2) is 0 Å². The van der Waals surface area contributed by atoms with E-state index in [-0.39, 0.29) is 11.3 Å². The summed E-state index contributed by atoms with van der Waals surface area (Å²) in [5.41, 5.74) is 9.45. The molecule has 0 spiro atoms. The number of phenolic OH excluding ortho intramolecular Hbond substituents is 1. The van der Waals surface area contributed by atoms with Crippen LogP contribution >= 0.6 is 0 Å². The highest BCUT2D eigenvalue weighted by molar-refractivity contribution is 5.91. The van der Waals surface area contributed by atoms with Gasteiger partial charge >= 0.3 is 5.97 Å². The molecule has 0 saturated carbocycles. The number of aromatic hydroxyl groups is 1. The summed E-state index contributed by atoms with van der Waals surface area (Å²) in [6, 6.07) is 15.6. The molecule has 4 N–H and O–H groups in total. The Kier molecular flexibility index (Phi) is 3.54. The maximum atomic E-state index is 11.5. The van der Waals surface area contributed by atoms with E-state index in [1.807, 2.05) is 22.8 Å². The number of hydrogen-bond acceptors (Lipinski definition) is 3. The summed E-state index contributed by atoms with van der Waals surface area (Å²) >= 11 is 0. The number of phenols is 1. The lowest BCUT2D eigenvalue weighted by molar-refractivity contribution is 0.0696. The van der Waals surface area contributed by atoms with Crippen LogP contribution in [0.15, 0.2) is 54.6 Å². The molecule has 5 nitrogen and oxygen atoms in total. The highest BCUT2D eigenvalue weighted by Crippen LogP contribution is 2.31. The number of nitrogens with zero attached hydrogens (tertiary/aromatic N) is 1. The minimum atomic E-state index is -0.988. The van der Waals surface area contributed by atoms with Gasteiger partial charge in [-0.2, -0.15) is 0 Å². The number of benzene rings is 2. The first-order chi connectivity index (χ1) is 11.0. The Labute approximate surface area is 133 Å². The van der Waals surface area contributed by atoms with Gasteiger partial charge in [0.2, 0.25) is 0 Å². The van der Waals surface area contributed by atoms with Crippen molar-refractivity contribution in [3.63, 3.8) is 0 Å². The minimum Gasteiger partial charge on any atom is -0.508 e. The SMILES string of the molecule is Cc1c(C(=O)O)cc(-c2ccc(N)cc2)n1-c1cccc(O)c1. The molecule has 0 aliphatic rings. The van der Waals surface area contributed by atoms with Crippen molar-refractivity contribution in [1.82, 2.24) is 4.57 Å². The van der Waals surface area contributed by atoms with Crippen molar-refractivity contribution in [3.8, 4) is 22.7 Å². The monoisotopic (exact) mass is 308 g/mol. The molecule has 5 heteroatoms. The van der Waals surface area contributed by atoms with Gasteiger partial charge in [-0.3, -0.25) is 0 Å². The van der Waals surface area contributed by atoms with Crippen LogP contribution in [0.25, 0.3) is 16.9 Å². The number of aromatic nitrogens is 1. The lowest BCUT2D eigenvalue weighted by atomic mass is 10.1. The Hall–Kier alpha value is -3.21. The number of nitrogen functional groups attached to an aromatic ring is 1. The lowest BCUT2D eigenvalue weighted by Gasteiger charge is -2.12. The number of rotatable bonds is 3. The highest BCUT2D eigenvalue weighted by Gasteiger charge is 2.19. The molecule has 23 heavy (non-hydrogen) atoms. The number of nitrogens with two attached hydrogens (primary N) is 1. The molecule has 0 amide bonds. The van der Waals surface area contributed by atoms with Gasteiger partial charge in [-0.1, -0.05) is 18.2 Å². The molecule has 1 heterocycles. The van der Waals surface area contributed by atoms with Crippen LogP contribution in [0, 0.1) is 6.92 Å². The predicted molar refractivity (Wildman–Crippen MR) is 89.0 cm³/mol. The van der Waals surface area contributed by atoms with Gasteiger partial charge < -0.3 is 20.5 Å². The molecule has 2 aromatic carbocycles. The molecule has 0 atom stereocenters. The number of carbonyl (C=O) groups is 1. The summed E-state index contributed by atoms with van der Waals surface area (Å²) in [5.74, 6) is -0.867. The molecule has 0 fully saturated rings. The van der Waals surface area contributed by atoms with Crippen molar-refractivity contribution in [2.75, 3.05) is 5.73 Å². The number of carboxylic acid groups (broad SMARTS) is 1. The summed E-state index contributed by atoms with van der Waals surface area (Å²) in [5, 5.41) is 19.1. The first-order valence-corrected chi connectivity index (χ1v) is 7.08. The third-order valence-corrected chi connectivity index (χ3v) is 3.77. The van der Waals surface area contributed by atoms with Crippen LogP contribution in [0.5, 0.6) is 5.75 Å². The zero-order valence-corrected chi connectivity index (χ0v) is 12.5. The smallest absolute Gasteiger partial charge is 0.337 e. The first kappa shape index (κ1) is 14.7. The molecule has 0 saturated heterocycles. The number of hydrogen-bond donors (Lipinski definition) is 3. The topological polar surface area (TPSA) is 88.5 Å². The molecule has 116 valence electrons. The average Bonchev–Trinajstić information content (AvgIpc) is 2.85. The van der Waals surface area contributed by atoms with E-state index < -0.39 is 5.97 Å². The largest absolute Gasteiger partial charge is 0.508 e. The molecule has 0 bridgehead atoms. The lowest BCUT2D eigenvalue weighted by Crippen LogP contribution is -2.02. The van der Waals surface area contributed by atoms with E-state index in [9.17, 15) is 15.0 Å². The maximum absolute atomic E-state index is 11.5. The molecule has 0 aliphatic heterocycles. The van der Waals surface area contributed by atoms with Gasteiger partial charge in [0.05, 0.1) is 11.3 Å². The van der Waals surface area contributed by atoms with E-state index in [2.05, 4.69) is 0 Å². The fourth-order valence-electron chi connectivity index (χ4n) is 2.65. The van der Waals surface area contributed by atoms with E-state index in [1.54, 1.807) is 43.3 Å². The van der Waals surface area contributed by atoms with Gasteiger partial charge in [0, 0.05) is 23.1 Å². The Morgan fingerprint density at radius 1 is 1.09 bits per heavy atom. The standard InChI is InChI=1S/C18H16N2O3/c1-11-16(18(22)23)10-17(12-5-7-13(19)8-6-12)20(11)14-3-2-4-15(21)9-14/h2-10,21H,19H2,1H3,(H,22,23). The highest BCUT2D eigenvalue weighted by atomic mass is 16.4. The van der Waals surface area contributed by atoms with Gasteiger partial charge in [-0.25, -0.2) is 4.79 Å². The normalized spacial score (nSPS) is 10.7. The Balaban J connectivity index is 2.28. The zero-order valence-electron chi connectivity index (χ0n) is 12.5. The van der Waals surface area contributed by atoms with E-state index in [1.165, 1.54) is 0 Å². The van der Waals surface area contributed by atoms with Crippen LogP contribution in [0.1, 0.15) is 16.1 Å². The molecule has 0 radical (unpaired) electrons. The molecule has 0 aliphatic carbocycles. The van der Waals surface area contributed by atoms with Gasteiger partial charge in [-0.15, -0.1) is 0 Å². The number of anilines is 1. The van der Waals surface area contributed by atoms with Gasteiger partial charge in [-0.05, 0) is 42.8 Å². The summed E-state index contributed by atoms with van der Waals surface area (Å²) in [4.78, 5) is 11.5. The van der Waals surface area contributed by atoms with Crippen molar-refractivity contribution < 1.29 is 15.0 Å². The zero-order chi connectivity index (χ0) is 16.6. The van der Waals surface area contributed by atoms with Gasteiger partial charge in [0.25, 0.3) is 0 Å². The van der Waals surface area contributed by atoms with Crippen LogP contribution in [0.2, 0.25) is 0 Å². The molecular weight excluding hydrogens is 292 g/mol. The van der Waals surface area contributed by atoms with Crippen LogP contribution in [0.3, 0.4) is 0 Å². The van der Waals surface area contributed by atoms with Crippen LogP contribution in [0.4, 0.5) is 5.69 Å². The third kappa shape index (κ3) is 2.64. The van der Waals surface area contributed by atoms with Crippen LogP contribution in [-0.4, -0.2) is 20.7 Å². The Morgan fingerprint density at radius 2 is 1.78 bits per heavy atom. The van der Waals surface area contributed by atoms with Crippen LogP contribution in [-0.2, 0) is 0 Å². The average molecular weight is 308 g/mol. The van der Waals surface area contributed by atoms with Crippen molar-refractivity contribution >= 4 is 11.7 Å². The molecule has 3 rings (SSSR count). The molecular formula is C18H16N2O3. The van der Waals surface area contributed by atoms with Crippen molar-refractivity contribution in [3.05, 3.63) is 65.9 Å². The molecule has 3 aromatic rings. The second kappa shape index (κ2) is 5.53. The molecule has 1 aromatic heterocycles. The van der Waals surface area contributed by atoms with Crippen molar-refractivity contribution in [2.24, 2.45) is 0 Å². The van der Waals surface area contributed by atoms with E-state index in [0.29, 0.717) is 17.1 Å². The fourth-order valence-corrected chi connectivity index (χ4v) is 2.65. The Morgan fingerprint density at radius 3 is 2.39 bits per heavy atom. The minimum absolute atomic E-state index is 0.121. The second-order valence-electron chi connectivity index (χ2n) is 5.31. The molecule has 0 unspecified atom stereocenters. The first-order valence-electron chi connectivity index (χ1n) is 7.08. The summed E-state index contributed by atoms with van der Waals surface area (Å²) in [7, 11) is 0. The summed E-state index contributed by atoms with van der Waals surface area (Å²) in [6.07, 6.45) is 0. The third-order valence-electron chi connectivity index (χ3n) is 3.77. The Bertz CT molecular complexity index is 880. The maximum Gasteiger partial charge on any atom is 0.337 e.